The molecule has 0 radical (unpaired) electrons. The summed E-state index contributed by atoms with van der Waals surface area (Å²) in [6.45, 7) is 1.69. The summed E-state index contributed by atoms with van der Waals surface area (Å²) in [6.07, 6.45) is 0. The Labute approximate surface area is 101 Å². The predicted molar refractivity (Wildman–Crippen MR) is 62.3 cm³/mol. The molecule has 0 spiro atoms. The second kappa shape index (κ2) is 5.65. The molecule has 0 saturated heterocycles. The Kier molecular flexibility index (Phi) is 4.49. The predicted octanol–water partition coefficient (Wildman–Crippen LogP) is 2.12. The third-order valence-corrected chi connectivity index (χ3v) is 2.44. The van der Waals surface area contributed by atoms with Crippen LogP contribution in [0.4, 0.5) is 0 Å². The van der Waals surface area contributed by atoms with Gasteiger partial charge in [-0.1, -0.05) is 15.9 Å². The van der Waals surface area contributed by atoms with E-state index in [9.17, 15) is 9.59 Å². The van der Waals surface area contributed by atoms with Gasteiger partial charge >= 0.3 is 5.97 Å². The van der Waals surface area contributed by atoms with Crippen LogP contribution in [0.5, 0.6) is 5.75 Å². The number of hydrogen-bond donors (Lipinski definition) is 1. The lowest BCUT2D eigenvalue weighted by Gasteiger charge is -2.06. The molecule has 1 unspecified atom stereocenters. The number of ketones is 1. The number of hydrogen-bond acceptors (Lipinski definition) is 3. The van der Waals surface area contributed by atoms with Crippen molar-refractivity contribution in [2.75, 3.05) is 6.61 Å². The van der Waals surface area contributed by atoms with Crippen molar-refractivity contribution in [2.45, 2.75) is 11.8 Å². The van der Waals surface area contributed by atoms with Crippen molar-refractivity contribution in [1.82, 2.24) is 0 Å². The second-order valence-electron chi connectivity index (χ2n) is 3.20. The fourth-order valence-corrected chi connectivity index (χ4v) is 1.10. The highest BCUT2D eigenvalue weighted by molar-refractivity contribution is 9.10. The number of halogens is 1. The molecule has 1 aromatic carbocycles. The van der Waals surface area contributed by atoms with Crippen molar-refractivity contribution < 1.29 is 19.4 Å². The number of carboxylic acids is 1. The number of rotatable bonds is 5. The molecule has 0 saturated carbocycles. The minimum atomic E-state index is -0.989. The summed E-state index contributed by atoms with van der Waals surface area (Å²) < 4.78 is 5.19. The fraction of sp³-hybridized carbons (Fsp3) is 0.273. The molecule has 5 heteroatoms. The van der Waals surface area contributed by atoms with E-state index in [2.05, 4.69) is 15.9 Å². The molecule has 0 aliphatic heterocycles. The molecule has 0 aliphatic carbocycles. The first kappa shape index (κ1) is 12.7. The zero-order valence-electron chi connectivity index (χ0n) is 8.64. The van der Waals surface area contributed by atoms with E-state index in [4.69, 9.17) is 9.84 Å². The average Bonchev–Trinajstić information content (AvgIpc) is 2.26. The van der Waals surface area contributed by atoms with Crippen molar-refractivity contribution in [2.24, 2.45) is 0 Å². The molecule has 0 aliphatic rings. The number of benzene rings is 1. The second-order valence-corrected chi connectivity index (χ2v) is 4.57. The number of Topliss-reactive ketones (excluding diaryl/α,β-unsaturated/α-hetero) is 1. The molecular weight excluding hydrogens is 276 g/mol. The molecule has 4 nitrogen and oxygen atoms in total. The highest BCUT2D eigenvalue weighted by atomic mass is 79.9. The third-order valence-electron chi connectivity index (χ3n) is 1.93. The first-order chi connectivity index (χ1) is 7.50. The van der Waals surface area contributed by atoms with Crippen molar-refractivity contribution in [3.05, 3.63) is 29.8 Å². The smallest absolute Gasteiger partial charge is 0.335 e. The topological polar surface area (TPSA) is 63.6 Å². The monoisotopic (exact) mass is 286 g/mol. The number of alkyl halides is 1. The van der Waals surface area contributed by atoms with Crippen LogP contribution in [0, 0.1) is 0 Å². The van der Waals surface area contributed by atoms with E-state index in [1.807, 2.05) is 0 Å². The Morgan fingerprint density at radius 1 is 1.38 bits per heavy atom. The number of carboxylic acid groups (broad SMARTS) is 1. The van der Waals surface area contributed by atoms with Crippen LogP contribution in [0.25, 0.3) is 0 Å². The summed E-state index contributed by atoms with van der Waals surface area (Å²) in [5.74, 6) is -0.578. The standard InChI is InChI=1S/C11H11BrO4/c1-7(12)10(13)6-16-9-4-2-8(3-5-9)11(14)15/h2-5,7H,6H2,1H3,(H,14,15). The summed E-state index contributed by atoms with van der Waals surface area (Å²) in [5.41, 5.74) is 0.188. The van der Waals surface area contributed by atoms with Crippen LogP contribution in [0.2, 0.25) is 0 Å². The van der Waals surface area contributed by atoms with Crippen LogP contribution in [0.3, 0.4) is 0 Å². The zero-order valence-corrected chi connectivity index (χ0v) is 10.2. The van der Waals surface area contributed by atoms with Crippen molar-refractivity contribution in [1.29, 1.82) is 0 Å². The molecule has 0 fully saturated rings. The van der Waals surface area contributed by atoms with Crippen molar-refractivity contribution >= 4 is 27.7 Å². The average molecular weight is 287 g/mol. The molecule has 1 N–H and O–H groups in total. The summed E-state index contributed by atoms with van der Waals surface area (Å²) in [5, 5.41) is 8.67. The van der Waals surface area contributed by atoms with E-state index >= 15 is 0 Å². The number of carbonyl (C=O) groups excluding carboxylic acids is 1. The van der Waals surface area contributed by atoms with Gasteiger partial charge in [-0.05, 0) is 31.2 Å². The van der Waals surface area contributed by atoms with Crippen molar-refractivity contribution in [3.8, 4) is 5.75 Å². The lowest BCUT2D eigenvalue weighted by molar-refractivity contribution is -0.120. The third kappa shape index (κ3) is 3.66. The normalized spacial score (nSPS) is 11.9. The summed E-state index contributed by atoms with van der Waals surface area (Å²) >= 11 is 3.14. The quantitative estimate of drug-likeness (QED) is 0.842. The molecule has 0 aromatic heterocycles. The zero-order chi connectivity index (χ0) is 12.1. The van der Waals surface area contributed by atoms with E-state index in [0.717, 1.165) is 0 Å². The first-order valence-corrected chi connectivity index (χ1v) is 5.55. The van der Waals surface area contributed by atoms with Gasteiger partial charge in [-0.25, -0.2) is 4.79 Å². The molecule has 0 bridgehead atoms. The molecular formula is C11H11BrO4. The van der Waals surface area contributed by atoms with Gasteiger partial charge in [0.15, 0.2) is 5.78 Å². The molecule has 0 amide bonds. The first-order valence-electron chi connectivity index (χ1n) is 4.63. The van der Waals surface area contributed by atoms with E-state index in [1.54, 1.807) is 6.92 Å². The highest BCUT2D eigenvalue weighted by Crippen LogP contribution is 2.12. The Hall–Kier alpha value is -1.36. The Balaban J connectivity index is 2.56. The van der Waals surface area contributed by atoms with Gasteiger partial charge in [-0.15, -0.1) is 0 Å². The highest BCUT2D eigenvalue weighted by Gasteiger charge is 2.09. The Bertz CT molecular complexity index is 383. The molecule has 86 valence electrons. The van der Waals surface area contributed by atoms with Crippen LogP contribution in [0.15, 0.2) is 24.3 Å². The lowest BCUT2D eigenvalue weighted by Crippen LogP contribution is -2.18. The van der Waals surface area contributed by atoms with Crippen LogP contribution in [-0.4, -0.2) is 28.3 Å². The lowest BCUT2D eigenvalue weighted by atomic mass is 10.2. The van der Waals surface area contributed by atoms with E-state index in [1.165, 1.54) is 24.3 Å². The van der Waals surface area contributed by atoms with Gasteiger partial charge in [-0.3, -0.25) is 4.79 Å². The van der Waals surface area contributed by atoms with Gasteiger partial charge < -0.3 is 9.84 Å². The van der Waals surface area contributed by atoms with E-state index < -0.39 is 5.97 Å². The van der Waals surface area contributed by atoms with Crippen LogP contribution >= 0.6 is 15.9 Å². The van der Waals surface area contributed by atoms with Gasteiger partial charge in [0.2, 0.25) is 0 Å². The van der Waals surface area contributed by atoms with Crippen LogP contribution in [0.1, 0.15) is 17.3 Å². The maximum Gasteiger partial charge on any atom is 0.335 e. The van der Waals surface area contributed by atoms with Crippen molar-refractivity contribution in [3.63, 3.8) is 0 Å². The van der Waals surface area contributed by atoms with E-state index in [0.29, 0.717) is 5.75 Å². The molecule has 1 aromatic rings. The Morgan fingerprint density at radius 2 is 1.94 bits per heavy atom. The summed E-state index contributed by atoms with van der Waals surface area (Å²) in [6, 6.07) is 5.91. The number of ether oxygens (including phenoxy) is 1. The van der Waals surface area contributed by atoms with E-state index in [-0.39, 0.29) is 22.8 Å². The number of aromatic carboxylic acids is 1. The maximum atomic E-state index is 11.2. The van der Waals surface area contributed by atoms with Gasteiger partial charge in [0.05, 0.1) is 10.4 Å². The number of carbonyl (C=O) groups is 2. The minimum Gasteiger partial charge on any atom is -0.486 e. The van der Waals surface area contributed by atoms with Gasteiger partial charge in [0.25, 0.3) is 0 Å². The molecule has 16 heavy (non-hydrogen) atoms. The minimum absolute atomic E-state index is 0.0289. The fourth-order valence-electron chi connectivity index (χ4n) is 0.963. The molecule has 1 rings (SSSR count). The maximum absolute atomic E-state index is 11.2. The van der Waals surface area contributed by atoms with Crippen LogP contribution < -0.4 is 4.74 Å². The van der Waals surface area contributed by atoms with Gasteiger partial charge in [0.1, 0.15) is 12.4 Å². The summed E-state index contributed by atoms with van der Waals surface area (Å²) in [4.78, 5) is 21.5. The SMILES string of the molecule is CC(Br)C(=O)COc1ccc(C(=O)O)cc1. The largest absolute Gasteiger partial charge is 0.486 e. The Morgan fingerprint density at radius 3 is 2.38 bits per heavy atom. The summed E-state index contributed by atoms with van der Waals surface area (Å²) in [7, 11) is 0. The van der Waals surface area contributed by atoms with Gasteiger partial charge in [0, 0.05) is 0 Å². The van der Waals surface area contributed by atoms with Gasteiger partial charge in [-0.2, -0.15) is 0 Å². The molecule has 0 heterocycles. The van der Waals surface area contributed by atoms with Crippen LogP contribution in [-0.2, 0) is 4.79 Å². The molecule has 1 atom stereocenters.